The standard InChI is InChI=1S/C17H27N3O5S2/c1-6-15(16(21)18-10-11-26-17(2,3)4)19(27(5,24)25)13-8-7-9-14(12-13)20(22)23/h7-9,12,15H,6,10-11H2,1-5H3,(H,18,21)/t15-/m0/s1. The second kappa shape index (κ2) is 9.41. The molecule has 0 radical (unpaired) electrons. The first-order chi connectivity index (χ1) is 12.4. The Bertz CT molecular complexity index is 775. The zero-order chi connectivity index (χ0) is 20.8. The van der Waals surface area contributed by atoms with Crippen molar-refractivity contribution in [3.05, 3.63) is 34.4 Å². The Morgan fingerprint density at radius 1 is 1.37 bits per heavy atom. The van der Waals surface area contributed by atoms with Crippen molar-refractivity contribution in [2.75, 3.05) is 22.9 Å². The molecule has 0 unspecified atom stereocenters. The van der Waals surface area contributed by atoms with Crippen molar-refractivity contribution in [3.8, 4) is 0 Å². The number of thioether (sulfide) groups is 1. The number of amides is 1. The maximum Gasteiger partial charge on any atom is 0.271 e. The number of anilines is 1. The van der Waals surface area contributed by atoms with Crippen molar-refractivity contribution in [2.45, 2.75) is 44.9 Å². The van der Waals surface area contributed by atoms with Crippen molar-refractivity contribution >= 4 is 39.1 Å². The molecule has 0 saturated heterocycles. The lowest BCUT2D eigenvalue weighted by Crippen LogP contribution is -2.49. The number of hydrogen-bond acceptors (Lipinski definition) is 6. The van der Waals surface area contributed by atoms with E-state index < -0.39 is 26.9 Å². The van der Waals surface area contributed by atoms with Crippen molar-refractivity contribution < 1.29 is 18.1 Å². The van der Waals surface area contributed by atoms with Gasteiger partial charge in [-0.3, -0.25) is 19.2 Å². The molecule has 8 nitrogen and oxygen atoms in total. The molecule has 1 atom stereocenters. The van der Waals surface area contributed by atoms with E-state index in [0.717, 1.165) is 16.6 Å². The van der Waals surface area contributed by atoms with Crippen molar-refractivity contribution in [3.63, 3.8) is 0 Å². The van der Waals surface area contributed by atoms with E-state index >= 15 is 0 Å². The summed E-state index contributed by atoms with van der Waals surface area (Å²) < 4.78 is 25.7. The van der Waals surface area contributed by atoms with Gasteiger partial charge in [0.25, 0.3) is 5.69 Å². The Hall–Kier alpha value is -1.81. The number of carbonyl (C=O) groups is 1. The Morgan fingerprint density at radius 2 is 2.00 bits per heavy atom. The third-order valence-electron chi connectivity index (χ3n) is 3.56. The number of nitro groups is 1. The van der Waals surface area contributed by atoms with E-state index in [1.165, 1.54) is 18.2 Å². The molecule has 0 bridgehead atoms. The highest BCUT2D eigenvalue weighted by atomic mass is 32.2. The van der Waals surface area contributed by atoms with Gasteiger partial charge in [-0.15, -0.1) is 0 Å². The highest BCUT2D eigenvalue weighted by molar-refractivity contribution is 8.00. The Balaban J connectivity index is 3.05. The summed E-state index contributed by atoms with van der Waals surface area (Å²) in [4.78, 5) is 23.0. The fourth-order valence-electron chi connectivity index (χ4n) is 2.45. The molecule has 1 amide bonds. The van der Waals surface area contributed by atoms with Crippen molar-refractivity contribution in [1.82, 2.24) is 5.32 Å². The van der Waals surface area contributed by atoms with E-state index in [1.54, 1.807) is 18.7 Å². The Morgan fingerprint density at radius 3 is 2.48 bits per heavy atom. The fraction of sp³-hybridized carbons (Fsp3) is 0.588. The molecule has 1 rings (SSSR count). The molecular formula is C17H27N3O5S2. The van der Waals surface area contributed by atoms with Gasteiger partial charge in [0.2, 0.25) is 15.9 Å². The van der Waals surface area contributed by atoms with Gasteiger partial charge < -0.3 is 5.32 Å². The minimum absolute atomic E-state index is 0.0661. The predicted octanol–water partition coefficient (Wildman–Crippen LogP) is 2.79. The van der Waals surface area contributed by atoms with Crippen LogP contribution in [0.5, 0.6) is 0 Å². The van der Waals surface area contributed by atoms with Crippen LogP contribution in [0.1, 0.15) is 34.1 Å². The number of carbonyl (C=O) groups excluding carboxylic acids is 1. The lowest BCUT2D eigenvalue weighted by Gasteiger charge is -2.30. The van der Waals surface area contributed by atoms with Crippen LogP contribution < -0.4 is 9.62 Å². The van der Waals surface area contributed by atoms with Crippen molar-refractivity contribution in [2.24, 2.45) is 0 Å². The highest BCUT2D eigenvalue weighted by Gasteiger charge is 2.32. The molecule has 10 heteroatoms. The third-order valence-corrected chi connectivity index (χ3v) is 6.02. The van der Waals surface area contributed by atoms with E-state index in [4.69, 9.17) is 0 Å². The van der Waals surface area contributed by atoms with Gasteiger partial charge in [-0.05, 0) is 12.5 Å². The summed E-state index contributed by atoms with van der Waals surface area (Å²) >= 11 is 1.69. The van der Waals surface area contributed by atoms with Gasteiger partial charge in [-0.2, -0.15) is 11.8 Å². The summed E-state index contributed by atoms with van der Waals surface area (Å²) in [5.41, 5.74) is -0.143. The highest BCUT2D eigenvalue weighted by Crippen LogP contribution is 2.26. The molecule has 1 aromatic rings. The minimum Gasteiger partial charge on any atom is -0.353 e. The summed E-state index contributed by atoms with van der Waals surface area (Å²) in [6.07, 6.45) is 1.21. The van der Waals surface area contributed by atoms with Crippen LogP contribution in [-0.4, -0.2) is 48.6 Å². The largest absolute Gasteiger partial charge is 0.353 e. The van der Waals surface area contributed by atoms with Crippen LogP contribution in [0.2, 0.25) is 0 Å². The lowest BCUT2D eigenvalue weighted by atomic mass is 10.2. The molecule has 27 heavy (non-hydrogen) atoms. The van der Waals surface area contributed by atoms with Crippen LogP contribution in [0.3, 0.4) is 0 Å². The average molecular weight is 418 g/mol. The van der Waals surface area contributed by atoms with E-state index in [9.17, 15) is 23.3 Å². The van der Waals surface area contributed by atoms with Crippen molar-refractivity contribution in [1.29, 1.82) is 0 Å². The first kappa shape index (κ1) is 23.2. The van der Waals surface area contributed by atoms with E-state index in [2.05, 4.69) is 26.1 Å². The second-order valence-corrected chi connectivity index (χ2v) is 10.8. The molecule has 152 valence electrons. The van der Waals surface area contributed by atoms with E-state index in [0.29, 0.717) is 12.3 Å². The van der Waals surface area contributed by atoms with Crippen LogP contribution in [0, 0.1) is 10.1 Å². The summed E-state index contributed by atoms with van der Waals surface area (Å²) in [6.45, 7) is 8.32. The number of non-ortho nitro benzene ring substituents is 1. The summed E-state index contributed by atoms with van der Waals surface area (Å²) in [5.74, 6) is 0.269. The lowest BCUT2D eigenvalue weighted by molar-refractivity contribution is -0.384. The van der Waals surface area contributed by atoms with E-state index in [-0.39, 0.29) is 22.5 Å². The number of rotatable bonds is 9. The van der Waals surface area contributed by atoms with E-state index in [1.807, 2.05) is 0 Å². The van der Waals surface area contributed by atoms with Gasteiger partial charge in [0, 0.05) is 29.2 Å². The smallest absolute Gasteiger partial charge is 0.271 e. The second-order valence-electron chi connectivity index (χ2n) is 7.01. The predicted molar refractivity (Wildman–Crippen MR) is 110 cm³/mol. The number of nitrogens with zero attached hydrogens (tertiary/aromatic N) is 2. The minimum atomic E-state index is -3.83. The maximum atomic E-state index is 12.6. The normalized spacial score (nSPS) is 13.1. The zero-order valence-electron chi connectivity index (χ0n) is 16.3. The number of nitro benzene ring substituents is 1. The first-order valence-electron chi connectivity index (χ1n) is 8.52. The molecule has 1 aromatic carbocycles. The van der Waals surface area contributed by atoms with Crippen LogP contribution in [0.15, 0.2) is 24.3 Å². The van der Waals surface area contributed by atoms with Crippen LogP contribution in [-0.2, 0) is 14.8 Å². The Kier molecular flexibility index (Phi) is 8.09. The molecule has 1 N–H and O–H groups in total. The summed E-state index contributed by atoms with van der Waals surface area (Å²) in [7, 11) is -3.83. The van der Waals surface area contributed by atoms with Gasteiger partial charge in [0.05, 0.1) is 16.9 Å². The van der Waals surface area contributed by atoms with Gasteiger partial charge in [-0.1, -0.05) is 33.8 Å². The molecular weight excluding hydrogens is 390 g/mol. The monoisotopic (exact) mass is 417 g/mol. The quantitative estimate of drug-likeness (QED) is 0.376. The molecule has 0 aliphatic heterocycles. The third kappa shape index (κ3) is 7.37. The summed E-state index contributed by atoms with van der Waals surface area (Å²) in [6, 6.07) is 4.29. The van der Waals surface area contributed by atoms with Gasteiger partial charge in [-0.25, -0.2) is 8.42 Å². The molecule has 0 aliphatic carbocycles. The Labute approximate surface area is 164 Å². The molecule has 0 aliphatic rings. The molecule has 0 aromatic heterocycles. The zero-order valence-corrected chi connectivity index (χ0v) is 17.9. The van der Waals surface area contributed by atoms with Crippen LogP contribution >= 0.6 is 11.8 Å². The molecule has 0 saturated carbocycles. The van der Waals surface area contributed by atoms with Crippen LogP contribution in [0.4, 0.5) is 11.4 Å². The summed E-state index contributed by atoms with van der Waals surface area (Å²) in [5, 5.41) is 13.8. The number of benzene rings is 1. The van der Waals surface area contributed by atoms with Crippen LogP contribution in [0.25, 0.3) is 0 Å². The molecule has 0 spiro atoms. The number of nitrogens with one attached hydrogen (secondary N) is 1. The van der Waals surface area contributed by atoms with Gasteiger partial charge in [0.15, 0.2) is 0 Å². The SMILES string of the molecule is CC[C@@H](C(=O)NCCSC(C)(C)C)N(c1cccc([N+](=O)[O-])c1)S(C)(=O)=O. The molecule has 0 fully saturated rings. The number of sulfonamides is 1. The fourth-order valence-corrected chi connectivity index (χ4v) is 4.47. The maximum absolute atomic E-state index is 12.6. The average Bonchev–Trinajstić information content (AvgIpc) is 2.54. The van der Waals surface area contributed by atoms with Gasteiger partial charge >= 0.3 is 0 Å². The number of hydrogen-bond donors (Lipinski definition) is 1. The topological polar surface area (TPSA) is 110 Å². The van der Waals surface area contributed by atoms with Gasteiger partial charge in [0.1, 0.15) is 6.04 Å². The first-order valence-corrected chi connectivity index (χ1v) is 11.4. The molecule has 0 heterocycles.